The average molecular weight is 1060 g/mol. The molecular weight excluding hydrogens is 1020 g/mol. The first kappa shape index (κ1) is 38.9. The van der Waals surface area contributed by atoms with Gasteiger partial charge in [-0.2, -0.15) is 0 Å². The van der Waals surface area contributed by atoms with Gasteiger partial charge in [-0.15, -0.1) is 0 Å². The van der Waals surface area contributed by atoms with Gasteiger partial charge in [0.25, 0.3) is 0 Å². The van der Waals surface area contributed by atoms with Crippen LogP contribution in [0.4, 0.5) is 0 Å². The molecule has 0 unspecified atom stereocenters. The molecule has 0 radical (unpaired) electrons. The van der Waals surface area contributed by atoms with Gasteiger partial charge in [0.15, 0.2) is 0 Å². The van der Waals surface area contributed by atoms with Gasteiger partial charge in [0.2, 0.25) is 0 Å². The molecule has 0 aliphatic heterocycles. The molecule has 0 aliphatic rings. The van der Waals surface area contributed by atoms with Gasteiger partial charge in [-0.05, 0) is 0 Å². The van der Waals surface area contributed by atoms with Crippen LogP contribution < -0.4 is 32.2 Å². The standard InChI is InChI=1S/9C6H5.CH.3Sn/c9*1-2-4-6-5-3-1;;;;/h9*1-5H;1H;;;. The van der Waals surface area contributed by atoms with Crippen molar-refractivity contribution in [3.63, 3.8) is 0 Å². The van der Waals surface area contributed by atoms with Crippen molar-refractivity contribution in [3.05, 3.63) is 273 Å². The van der Waals surface area contributed by atoms with Crippen LogP contribution in [-0.4, -0.2) is 55.1 Å². The summed E-state index contributed by atoms with van der Waals surface area (Å²) in [5.74, 6) is 0. The van der Waals surface area contributed by atoms with E-state index in [4.69, 9.17) is 0 Å². The predicted molar refractivity (Wildman–Crippen MR) is 256 cm³/mol. The summed E-state index contributed by atoms with van der Waals surface area (Å²) in [5, 5.41) is 0. The van der Waals surface area contributed by atoms with E-state index in [9.17, 15) is 0 Å². The normalized spacial score (nSPS) is 11.9. The molecular formula is C55H46Sn3. The van der Waals surface area contributed by atoms with Gasteiger partial charge in [-0.25, -0.2) is 0 Å². The summed E-state index contributed by atoms with van der Waals surface area (Å²) in [6.45, 7) is 0. The van der Waals surface area contributed by atoms with Crippen molar-refractivity contribution in [3.8, 4) is 0 Å². The van der Waals surface area contributed by atoms with Gasteiger partial charge >= 0.3 is 360 Å². The van der Waals surface area contributed by atoms with Gasteiger partial charge < -0.3 is 0 Å². The Bertz CT molecular complexity index is 2030. The summed E-state index contributed by atoms with van der Waals surface area (Å²) in [6, 6.07) is 107. The number of rotatable bonds is 12. The Balaban J connectivity index is 1.68. The Morgan fingerprint density at radius 2 is 0.259 bits per heavy atom. The van der Waals surface area contributed by atoms with Crippen molar-refractivity contribution < 1.29 is 0 Å². The summed E-state index contributed by atoms with van der Waals surface area (Å²) < 4.78 is 14.1. The van der Waals surface area contributed by atoms with Crippen molar-refractivity contribution in [2.24, 2.45) is 0 Å². The van der Waals surface area contributed by atoms with Crippen molar-refractivity contribution >= 4 is 87.3 Å². The van der Waals surface area contributed by atoms with E-state index in [2.05, 4.69) is 273 Å². The quantitative estimate of drug-likeness (QED) is 0.117. The van der Waals surface area contributed by atoms with E-state index in [1.165, 1.54) is 32.2 Å². The molecule has 0 fully saturated rings. The number of benzene rings is 9. The fourth-order valence-corrected chi connectivity index (χ4v) is 146. The van der Waals surface area contributed by atoms with E-state index in [0.717, 1.165) is 0 Å². The Morgan fingerprint density at radius 3 is 0.362 bits per heavy atom. The van der Waals surface area contributed by atoms with E-state index < -0.39 is 55.1 Å². The fraction of sp³-hybridized carbons (Fsp3) is 0.0182. The average Bonchev–Trinajstić information content (AvgIpc) is 3.33. The van der Waals surface area contributed by atoms with Crippen molar-refractivity contribution in [1.82, 2.24) is 0 Å². The van der Waals surface area contributed by atoms with Crippen LogP contribution in [-0.2, 0) is 0 Å². The zero-order valence-electron chi connectivity index (χ0n) is 32.6. The zero-order valence-corrected chi connectivity index (χ0v) is 41.1. The third kappa shape index (κ3) is 6.71. The van der Waals surface area contributed by atoms with Crippen LogP contribution in [0.5, 0.6) is 0 Å². The summed E-state index contributed by atoms with van der Waals surface area (Å²) in [6.07, 6.45) is 0. The van der Waals surface area contributed by atoms with Crippen LogP contribution in [0.3, 0.4) is 0 Å². The molecule has 0 amide bonds. The van der Waals surface area contributed by atoms with Crippen molar-refractivity contribution in [2.45, 2.75) is -0.0343 Å². The molecule has 0 bridgehead atoms. The Hall–Kier alpha value is -4.62. The molecule has 0 aromatic heterocycles. The Kier molecular flexibility index (Phi) is 11.9. The second-order valence-electron chi connectivity index (χ2n) is 15.2. The molecule has 9 rings (SSSR count). The first-order chi connectivity index (χ1) is 28.8. The van der Waals surface area contributed by atoms with Crippen LogP contribution in [0.1, 0.15) is 0 Å². The topological polar surface area (TPSA) is 0 Å². The Labute approximate surface area is 356 Å². The first-order valence-electron chi connectivity index (χ1n) is 20.3. The van der Waals surface area contributed by atoms with Gasteiger partial charge in [0, 0.05) is 0 Å². The zero-order chi connectivity index (χ0) is 39.1. The maximum atomic E-state index is 2.53. The third-order valence-corrected chi connectivity index (χ3v) is 101. The predicted octanol–water partition coefficient (Wildman–Crippen LogP) is 6.95. The Morgan fingerprint density at radius 1 is 0.155 bits per heavy atom. The van der Waals surface area contributed by atoms with E-state index in [1.54, 1.807) is 0 Å². The van der Waals surface area contributed by atoms with Crippen molar-refractivity contribution in [1.29, 1.82) is 0 Å². The van der Waals surface area contributed by atoms with Gasteiger partial charge in [0.05, 0.1) is 0 Å². The van der Waals surface area contributed by atoms with Crippen LogP contribution in [0, 0.1) is 0 Å². The second-order valence-corrected chi connectivity index (χ2v) is 62.9. The summed E-state index contributed by atoms with van der Waals surface area (Å²) >= 11 is -13.7. The number of hydrogen-bond donors (Lipinski definition) is 0. The molecule has 278 valence electrons. The molecule has 3 heteroatoms. The molecule has 9 aromatic carbocycles. The van der Waals surface area contributed by atoms with Crippen molar-refractivity contribution in [2.75, 3.05) is 0 Å². The summed E-state index contributed by atoms with van der Waals surface area (Å²) in [7, 11) is 0. The second kappa shape index (κ2) is 17.7. The summed E-state index contributed by atoms with van der Waals surface area (Å²) in [4.78, 5) is 0. The molecule has 0 aliphatic carbocycles. The van der Waals surface area contributed by atoms with Crippen LogP contribution in [0.15, 0.2) is 273 Å². The van der Waals surface area contributed by atoms with Crippen LogP contribution in [0.25, 0.3) is 0 Å². The van der Waals surface area contributed by atoms with Crippen LogP contribution >= 0.6 is 0 Å². The van der Waals surface area contributed by atoms with E-state index >= 15 is 0 Å². The molecule has 0 nitrogen and oxygen atoms in total. The monoisotopic (exact) mass is 1070 g/mol. The van der Waals surface area contributed by atoms with Gasteiger partial charge in [0.1, 0.15) is 0 Å². The molecule has 0 heterocycles. The molecule has 58 heavy (non-hydrogen) atoms. The van der Waals surface area contributed by atoms with Gasteiger partial charge in [-0.3, -0.25) is 0 Å². The minimum absolute atomic E-state index is 0.296. The number of hydrogen-bond acceptors (Lipinski definition) is 0. The fourth-order valence-electron chi connectivity index (χ4n) is 10.3. The molecule has 9 aromatic rings. The summed E-state index contributed by atoms with van der Waals surface area (Å²) in [5.41, 5.74) is 0. The van der Waals surface area contributed by atoms with E-state index in [1.807, 2.05) is 0 Å². The maximum absolute atomic E-state index is 4.57. The third-order valence-electron chi connectivity index (χ3n) is 12.4. The van der Waals surface area contributed by atoms with E-state index in [0.29, 0.717) is -0.0343 Å². The van der Waals surface area contributed by atoms with Crippen LogP contribution in [0.2, 0.25) is -0.0343 Å². The van der Waals surface area contributed by atoms with E-state index in [-0.39, 0.29) is 0 Å². The first-order valence-corrected chi connectivity index (χ1v) is 38.1. The molecule has 0 spiro atoms. The molecule has 0 saturated carbocycles. The molecule has 0 saturated heterocycles. The molecule has 0 atom stereocenters. The van der Waals surface area contributed by atoms with Gasteiger partial charge in [-0.1, -0.05) is 0 Å². The molecule has 0 N–H and O–H groups in total. The SMILES string of the molecule is c1cc[c]([Sn]([c]2ccccc2)([c]2ccccc2)[CH]([Sn]([c]2ccccc2)([c]2ccccc2)[c]2ccccc2)[Sn]([c]2ccccc2)([c]2ccccc2)[c]2ccccc2)cc1. The minimum atomic E-state index is -4.57.